The molecule has 0 amide bonds. The van der Waals surface area contributed by atoms with Crippen LogP contribution in [0, 0.1) is 5.92 Å². The molecule has 0 aromatic heterocycles. The molecular formula is C15H23ClN2. The maximum atomic E-state index is 6.25. The van der Waals surface area contributed by atoms with E-state index in [1.807, 2.05) is 0 Å². The van der Waals surface area contributed by atoms with Gasteiger partial charge in [-0.25, -0.2) is 0 Å². The van der Waals surface area contributed by atoms with Crippen molar-refractivity contribution in [1.82, 2.24) is 4.90 Å². The molecule has 0 spiro atoms. The first-order valence-electron chi connectivity index (χ1n) is 6.72. The summed E-state index contributed by atoms with van der Waals surface area (Å²) < 4.78 is 0. The van der Waals surface area contributed by atoms with Gasteiger partial charge < -0.3 is 5.73 Å². The summed E-state index contributed by atoms with van der Waals surface area (Å²) >= 11 is 6.25. The maximum Gasteiger partial charge on any atom is 0.0412 e. The van der Waals surface area contributed by atoms with Gasteiger partial charge in [-0.05, 0) is 55.1 Å². The van der Waals surface area contributed by atoms with Crippen molar-refractivity contribution in [3.63, 3.8) is 0 Å². The third kappa shape index (κ3) is 2.87. The Kier molecular flexibility index (Phi) is 4.31. The average molecular weight is 267 g/mol. The first-order chi connectivity index (χ1) is 8.51. The van der Waals surface area contributed by atoms with Crippen molar-refractivity contribution in [2.75, 3.05) is 20.1 Å². The summed E-state index contributed by atoms with van der Waals surface area (Å²) in [5, 5.41) is 0.848. The van der Waals surface area contributed by atoms with Gasteiger partial charge in [-0.1, -0.05) is 31.5 Å². The van der Waals surface area contributed by atoms with Crippen LogP contribution in [0.2, 0.25) is 5.02 Å². The topological polar surface area (TPSA) is 29.3 Å². The minimum atomic E-state index is 0.467. The highest BCUT2D eigenvalue weighted by Crippen LogP contribution is 2.36. The minimum absolute atomic E-state index is 0.467. The molecule has 100 valence electrons. The molecule has 1 aromatic rings. The summed E-state index contributed by atoms with van der Waals surface area (Å²) in [6.07, 6.45) is 1.14. The lowest BCUT2D eigenvalue weighted by Gasteiger charge is -2.21. The van der Waals surface area contributed by atoms with E-state index in [0.717, 1.165) is 24.5 Å². The lowest BCUT2D eigenvalue weighted by molar-refractivity contribution is 0.313. The fourth-order valence-corrected chi connectivity index (χ4v) is 3.08. The van der Waals surface area contributed by atoms with Gasteiger partial charge in [0.15, 0.2) is 0 Å². The fourth-order valence-electron chi connectivity index (χ4n) is 2.83. The Bertz CT molecular complexity index is 417. The zero-order valence-corrected chi connectivity index (χ0v) is 12.2. The van der Waals surface area contributed by atoms with E-state index in [4.69, 9.17) is 17.3 Å². The van der Waals surface area contributed by atoms with E-state index in [1.54, 1.807) is 0 Å². The summed E-state index contributed by atoms with van der Waals surface area (Å²) in [6.45, 7) is 6.27. The smallest absolute Gasteiger partial charge is 0.0412 e. The second kappa shape index (κ2) is 5.60. The van der Waals surface area contributed by atoms with Crippen LogP contribution in [-0.4, -0.2) is 25.0 Å². The van der Waals surface area contributed by atoms with Gasteiger partial charge in [-0.15, -0.1) is 0 Å². The molecule has 18 heavy (non-hydrogen) atoms. The molecule has 2 rings (SSSR count). The lowest BCUT2D eigenvalue weighted by Crippen LogP contribution is -2.20. The predicted molar refractivity (Wildman–Crippen MR) is 78.1 cm³/mol. The molecule has 2 atom stereocenters. The van der Waals surface area contributed by atoms with Crippen LogP contribution in [0.1, 0.15) is 43.4 Å². The van der Waals surface area contributed by atoms with Crippen molar-refractivity contribution >= 4 is 11.6 Å². The molecule has 3 heteroatoms. The third-order valence-electron chi connectivity index (χ3n) is 3.96. The molecular weight excluding hydrogens is 244 g/mol. The second-order valence-electron chi connectivity index (χ2n) is 5.77. The zero-order chi connectivity index (χ0) is 13.3. The molecule has 2 unspecified atom stereocenters. The number of hydrogen-bond donors (Lipinski definition) is 1. The van der Waals surface area contributed by atoms with Crippen LogP contribution >= 0.6 is 11.6 Å². The molecule has 1 aliphatic heterocycles. The molecule has 0 radical (unpaired) electrons. The SMILES string of the molecule is CC(C)c1cc(Cl)cc(C2CC(CN)CN2C)c1. The Hall–Kier alpha value is -0.570. The molecule has 1 fully saturated rings. The van der Waals surface area contributed by atoms with Crippen LogP contribution < -0.4 is 5.73 Å². The number of rotatable bonds is 3. The lowest BCUT2D eigenvalue weighted by atomic mass is 9.95. The molecule has 0 saturated carbocycles. The summed E-state index contributed by atoms with van der Waals surface area (Å²) in [4.78, 5) is 2.40. The number of halogens is 1. The molecule has 1 saturated heterocycles. The van der Waals surface area contributed by atoms with E-state index in [2.05, 4.69) is 44.0 Å². The van der Waals surface area contributed by atoms with Gasteiger partial charge in [0.1, 0.15) is 0 Å². The van der Waals surface area contributed by atoms with Gasteiger partial charge in [0.25, 0.3) is 0 Å². The van der Waals surface area contributed by atoms with Crippen molar-refractivity contribution in [2.24, 2.45) is 11.7 Å². The van der Waals surface area contributed by atoms with E-state index in [-0.39, 0.29) is 0 Å². The number of nitrogens with zero attached hydrogens (tertiary/aromatic N) is 1. The first-order valence-corrected chi connectivity index (χ1v) is 7.09. The molecule has 1 aromatic carbocycles. The molecule has 2 nitrogen and oxygen atoms in total. The fraction of sp³-hybridized carbons (Fsp3) is 0.600. The Balaban J connectivity index is 2.28. The van der Waals surface area contributed by atoms with Gasteiger partial charge >= 0.3 is 0 Å². The largest absolute Gasteiger partial charge is 0.330 e. The molecule has 2 N–H and O–H groups in total. The van der Waals surface area contributed by atoms with Crippen LogP contribution in [-0.2, 0) is 0 Å². The molecule has 1 heterocycles. The standard InChI is InChI=1S/C15H23ClN2/c1-10(2)12-5-13(7-14(16)6-12)15-4-11(8-17)9-18(15)3/h5-7,10-11,15H,4,8-9,17H2,1-3H3. The van der Waals surface area contributed by atoms with Gasteiger partial charge in [-0.2, -0.15) is 0 Å². The van der Waals surface area contributed by atoms with Gasteiger partial charge in [-0.3, -0.25) is 4.90 Å². The number of likely N-dealkylation sites (tertiary alicyclic amines) is 1. The third-order valence-corrected chi connectivity index (χ3v) is 4.18. The monoisotopic (exact) mass is 266 g/mol. The number of hydrogen-bond acceptors (Lipinski definition) is 2. The quantitative estimate of drug-likeness (QED) is 0.908. The summed E-state index contributed by atoms with van der Waals surface area (Å²) in [5.41, 5.74) is 8.45. The molecule has 0 bridgehead atoms. The normalized spacial score (nSPS) is 25.0. The Morgan fingerprint density at radius 3 is 2.67 bits per heavy atom. The van der Waals surface area contributed by atoms with Crippen molar-refractivity contribution in [3.8, 4) is 0 Å². The summed E-state index contributed by atoms with van der Waals surface area (Å²) in [5.74, 6) is 1.13. The number of nitrogens with two attached hydrogens (primary N) is 1. The Morgan fingerprint density at radius 2 is 2.11 bits per heavy atom. The summed E-state index contributed by atoms with van der Waals surface area (Å²) in [6, 6.07) is 6.95. The van der Waals surface area contributed by atoms with Gasteiger partial charge in [0.2, 0.25) is 0 Å². The first kappa shape index (κ1) is 13.9. The van der Waals surface area contributed by atoms with E-state index in [1.165, 1.54) is 11.1 Å². The summed E-state index contributed by atoms with van der Waals surface area (Å²) in [7, 11) is 2.18. The van der Waals surface area contributed by atoms with Crippen LogP contribution in [0.5, 0.6) is 0 Å². The van der Waals surface area contributed by atoms with Crippen LogP contribution in [0.3, 0.4) is 0 Å². The second-order valence-corrected chi connectivity index (χ2v) is 6.20. The zero-order valence-electron chi connectivity index (χ0n) is 11.5. The minimum Gasteiger partial charge on any atom is -0.330 e. The highest BCUT2D eigenvalue weighted by Gasteiger charge is 2.30. The van der Waals surface area contributed by atoms with E-state index in [0.29, 0.717) is 17.9 Å². The highest BCUT2D eigenvalue weighted by molar-refractivity contribution is 6.30. The van der Waals surface area contributed by atoms with Gasteiger partial charge in [0.05, 0.1) is 0 Å². The Labute approximate surface area is 115 Å². The van der Waals surface area contributed by atoms with E-state index >= 15 is 0 Å². The van der Waals surface area contributed by atoms with E-state index < -0.39 is 0 Å². The van der Waals surface area contributed by atoms with Crippen molar-refractivity contribution in [2.45, 2.75) is 32.2 Å². The van der Waals surface area contributed by atoms with Crippen LogP contribution in [0.25, 0.3) is 0 Å². The van der Waals surface area contributed by atoms with Gasteiger partial charge in [0, 0.05) is 17.6 Å². The van der Waals surface area contributed by atoms with Crippen molar-refractivity contribution in [3.05, 3.63) is 34.3 Å². The maximum absolute atomic E-state index is 6.25. The molecule has 0 aliphatic carbocycles. The molecule has 1 aliphatic rings. The van der Waals surface area contributed by atoms with E-state index in [9.17, 15) is 0 Å². The highest BCUT2D eigenvalue weighted by atomic mass is 35.5. The Morgan fingerprint density at radius 1 is 1.39 bits per heavy atom. The number of benzene rings is 1. The van der Waals surface area contributed by atoms with Crippen molar-refractivity contribution < 1.29 is 0 Å². The average Bonchev–Trinajstić information content (AvgIpc) is 2.69. The van der Waals surface area contributed by atoms with Crippen molar-refractivity contribution in [1.29, 1.82) is 0 Å². The van der Waals surface area contributed by atoms with Crippen LogP contribution in [0.4, 0.5) is 0 Å². The predicted octanol–water partition coefficient (Wildman–Crippen LogP) is 3.41. The van der Waals surface area contributed by atoms with Crippen LogP contribution in [0.15, 0.2) is 18.2 Å².